The summed E-state index contributed by atoms with van der Waals surface area (Å²) in [5, 5.41) is 15.0. The Morgan fingerprint density at radius 1 is 1.69 bits per heavy atom. The molecule has 4 heteroatoms. The Morgan fingerprint density at radius 2 is 2.44 bits per heavy atom. The standard InChI is InChI=1S/C12H19BrN2O/c1-3-9-5-4-6-12(16,7-9)11-10(13)8-14-15(11)2/h8-9,16H,3-7H2,1-2H3. The van der Waals surface area contributed by atoms with Crippen LogP contribution in [0.2, 0.25) is 0 Å². The fourth-order valence-corrected chi connectivity index (χ4v) is 3.58. The summed E-state index contributed by atoms with van der Waals surface area (Å²) in [4.78, 5) is 0. The predicted octanol–water partition coefficient (Wildman–Crippen LogP) is 2.97. The summed E-state index contributed by atoms with van der Waals surface area (Å²) < 4.78 is 2.72. The average molecular weight is 287 g/mol. The fourth-order valence-electron chi connectivity index (χ4n) is 2.86. The topological polar surface area (TPSA) is 38.1 Å². The van der Waals surface area contributed by atoms with E-state index in [1.54, 1.807) is 10.9 Å². The number of hydrogen-bond acceptors (Lipinski definition) is 2. The molecule has 16 heavy (non-hydrogen) atoms. The molecular weight excluding hydrogens is 268 g/mol. The van der Waals surface area contributed by atoms with Gasteiger partial charge in [-0.15, -0.1) is 0 Å². The van der Waals surface area contributed by atoms with E-state index in [0.29, 0.717) is 5.92 Å². The van der Waals surface area contributed by atoms with Crippen LogP contribution in [-0.4, -0.2) is 14.9 Å². The second kappa shape index (κ2) is 4.49. The molecule has 0 bridgehead atoms. The predicted molar refractivity (Wildman–Crippen MR) is 67.1 cm³/mol. The van der Waals surface area contributed by atoms with Crippen LogP contribution < -0.4 is 0 Å². The molecule has 1 aliphatic carbocycles. The van der Waals surface area contributed by atoms with E-state index in [1.807, 2.05) is 7.05 Å². The molecule has 1 saturated carbocycles. The highest BCUT2D eigenvalue weighted by molar-refractivity contribution is 9.10. The molecule has 0 spiro atoms. The van der Waals surface area contributed by atoms with Crippen molar-refractivity contribution in [2.24, 2.45) is 13.0 Å². The SMILES string of the molecule is CCC1CCCC(O)(c2c(Br)cnn2C)C1. The lowest BCUT2D eigenvalue weighted by Gasteiger charge is -2.36. The number of nitrogens with zero attached hydrogens (tertiary/aromatic N) is 2. The maximum atomic E-state index is 10.8. The molecular formula is C12H19BrN2O. The quantitative estimate of drug-likeness (QED) is 0.908. The van der Waals surface area contributed by atoms with Gasteiger partial charge in [0.25, 0.3) is 0 Å². The third kappa shape index (κ3) is 2.05. The molecule has 1 aromatic rings. The van der Waals surface area contributed by atoms with Crippen LogP contribution in [0.1, 0.15) is 44.7 Å². The minimum atomic E-state index is -0.691. The third-order valence-corrected chi connectivity index (χ3v) is 4.32. The van der Waals surface area contributed by atoms with Crippen molar-refractivity contribution >= 4 is 15.9 Å². The van der Waals surface area contributed by atoms with Crippen molar-refractivity contribution in [3.05, 3.63) is 16.4 Å². The molecule has 2 unspecified atom stereocenters. The first-order valence-corrected chi connectivity index (χ1v) is 6.76. The van der Waals surface area contributed by atoms with E-state index in [1.165, 1.54) is 6.42 Å². The molecule has 90 valence electrons. The van der Waals surface area contributed by atoms with Crippen molar-refractivity contribution in [3.63, 3.8) is 0 Å². The molecule has 2 atom stereocenters. The van der Waals surface area contributed by atoms with Gasteiger partial charge in [0.1, 0.15) is 5.60 Å². The molecule has 1 N–H and O–H groups in total. The zero-order valence-electron chi connectivity index (χ0n) is 9.91. The number of aromatic nitrogens is 2. The molecule has 0 radical (unpaired) electrons. The van der Waals surface area contributed by atoms with Gasteiger partial charge in [0.2, 0.25) is 0 Å². The summed E-state index contributed by atoms with van der Waals surface area (Å²) in [6, 6.07) is 0. The fraction of sp³-hybridized carbons (Fsp3) is 0.750. The molecule has 0 aromatic carbocycles. The van der Waals surface area contributed by atoms with Crippen LogP contribution in [-0.2, 0) is 12.6 Å². The minimum Gasteiger partial charge on any atom is -0.384 e. The molecule has 0 amide bonds. The van der Waals surface area contributed by atoms with Crippen molar-refractivity contribution in [1.82, 2.24) is 9.78 Å². The number of aliphatic hydroxyl groups is 1. The van der Waals surface area contributed by atoms with Gasteiger partial charge in [0, 0.05) is 7.05 Å². The lowest BCUT2D eigenvalue weighted by atomic mass is 9.75. The van der Waals surface area contributed by atoms with Gasteiger partial charge in [0.15, 0.2) is 0 Å². The maximum Gasteiger partial charge on any atom is 0.108 e. The summed E-state index contributed by atoms with van der Waals surface area (Å²) in [7, 11) is 1.90. The van der Waals surface area contributed by atoms with E-state index in [2.05, 4.69) is 28.0 Å². The smallest absolute Gasteiger partial charge is 0.108 e. The summed E-state index contributed by atoms with van der Waals surface area (Å²) in [6.07, 6.45) is 6.98. The second-order valence-corrected chi connectivity index (χ2v) is 5.72. The van der Waals surface area contributed by atoms with Crippen molar-refractivity contribution < 1.29 is 5.11 Å². The molecule has 1 heterocycles. The highest BCUT2D eigenvalue weighted by atomic mass is 79.9. The van der Waals surface area contributed by atoms with E-state index in [9.17, 15) is 5.11 Å². The van der Waals surface area contributed by atoms with Crippen LogP contribution in [0.4, 0.5) is 0 Å². The lowest BCUT2D eigenvalue weighted by molar-refractivity contribution is -0.0289. The van der Waals surface area contributed by atoms with Gasteiger partial charge in [-0.05, 0) is 41.1 Å². The monoisotopic (exact) mass is 286 g/mol. The lowest BCUT2D eigenvalue weighted by Crippen LogP contribution is -2.34. The molecule has 0 aliphatic heterocycles. The number of aryl methyl sites for hydroxylation is 1. The van der Waals surface area contributed by atoms with E-state index in [4.69, 9.17) is 0 Å². The Balaban J connectivity index is 2.31. The Hall–Kier alpha value is -0.350. The first kappa shape index (κ1) is 12.1. The Bertz CT molecular complexity index is 358. The third-order valence-electron chi connectivity index (χ3n) is 3.74. The first-order chi connectivity index (χ1) is 7.57. The zero-order valence-corrected chi connectivity index (χ0v) is 11.5. The van der Waals surface area contributed by atoms with Crippen molar-refractivity contribution in [2.45, 2.75) is 44.6 Å². The van der Waals surface area contributed by atoms with Crippen LogP contribution in [0, 0.1) is 5.92 Å². The second-order valence-electron chi connectivity index (χ2n) is 4.87. The van der Waals surface area contributed by atoms with E-state index >= 15 is 0 Å². The van der Waals surface area contributed by atoms with Crippen LogP contribution in [0.5, 0.6) is 0 Å². The number of halogens is 1. The van der Waals surface area contributed by atoms with Gasteiger partial charge in [-0.1, -0.05) is 19.8 Å². The van der Waals surface area contributed by atoms with Crippen molar-refractivity contribution in [2.75, 3.05) is 0 Å². The molecule has 1 aromatic heterocycles. The van der Waals surface area contributed by atoms with Crippen molar-refractivity contribution in [3.8, 4) is 0 Å². The normalized spacial score (nSPS) is 30.6. The largest absolute Gasteiger partial charge is 0.384 e. The van der Waals surface area contributed by atoms with Gasteiger partial charge in [-0.3, -0.25) is 4.68 Å². The van der Waals surface area contributed by atoms with E-state index in [0.717, 1.165) is 35.8 Å². The maximum absolute atomic E-state index is 10.8. The number of hydrogen-bond donors (Lipinski definition) is 1. The molecule has 1 aliphatic rings. The van der Waals surface area contributed by atoms with Crippen LogP contribution in [0.15, 0.2) is 10.7 Å². The van der Waals surface area contributed by atoms with Gasteiger partial charge >= 0.3 is 0 Å². The Kier molecular flexibility index (Phi) is 3.40. The Labute approximate surface area is 105 Å². The number of rotatable bonds is 2. The van der Waals surface area contributed by atoms with Gasteiger partial charge < -0.3 is 5.11 Å². The summed E-state index contributed by atoms with van der Waals surface area (Å²) in [5.74, 6) is 0.639. The molecule has 2 rings (SSSR count). The van der Waals surface area contributed by atoms with Crippen LogP contribution >= 0.6 is 15.9 Å². The van der Waals surface area contributed by atoms with Crippen LogP contribution in [0.3, 0.4) is 0 Å². The summed E-state index contributed by atoms with van der Waals surface area (Å²) in [5.41, 5.74) is 0.244. The van der Waals surface area contributed by atoms with E-state index < -0.39 is 5.60 Å². The molecule has 3 nitrogen and oxygen atoms in total. The molecule has 1 fully saturated rings. The highest BCUT2D eigenvalue weighted by Gasteiger charge is 2.38. The summed E-state index contributed by atoms with van der Waals surface area (Å²) >= 11 is 3.49. The van der Waals surface area contributed by atoms with Crippen LogP contribution in [0.25, 0.3) is 0 Å². The van der Waals surface area contributed by atoms with Gasteiger partial charge in [-0.2, -0.15) is 5.10 Å². The zero-order chi connectivity index (χ0) is 11.8. The van der Waals surface area contributed by atoms with E-state index in [-0.39, 0.29) is 0 Å². The van der Waals surface area contributed by atoms with Crippen molar-refractivity contribution in [1.29, 1.82) is 0 Å². The Morgan fingerprint density at radius 3 is 3.00 bits per heavy atom. The summed E-state index contributed by atoms with van der Waals surface area (Å²) in [6.45, 7) is 2.20. The van der Waals surface area contributed by atoms with Gasteiger partial charge in [0.05, 0.1) is 16.4 Å². The molecule has 0 saturated heterocycles. The van der Waals surface area contributed by atoms with Gasteiger partial charge in [-0.25, -0.2) is 0 Å². The first-order valence-electron chi connectivity index (χ1n) is 5.97. The minimum absolute atomic E-state index is 0.639. The average Bonchev–Trinajstić information content (AvgIpc) is 2.59. The highest BCUT2D eigenvalue weighted by Crippen LogP contribution is 2.43.